The maximum absolute atomic E-state index is 13.6. The molecule has 1 aromatic heterocycles. The van der Waals surface area contributed by atoms with Crippen molar-refractivity contribution in [2.45, 2.75) is 18.6 Å². The minimum atomic E-state index is -5.15. The van der Waals surface area contributed by atoms with Crippen molar-refractivity contribution in [3.63, 3.8) is 0 Å². The van der Waals surface area contributed by atoms with Crippen molar-refractivity contribution in [1.82, 2.24) is 10.4 Å². The van der Waals surface area contributed by atoms with E-state index in [1.807, 2.05) is 5.43 Å². The van der Waals surface area contributed by atoms with Gasteiger partial charge in [0.25, 0.3) is 5.54 Å². The van der Waals surface area contributed by atoms with Crippen molar-refractivity contribution < 1.29 is 22.7 Å². The summed E-state index contributed by atoms with van der Waals surface area (Å²) in [6.45, 7) is 1.06. The van der Waals surface area contributed by atoms with Gasteiger partial charge in [0, 0.05) is 6.20 Å². The number of ether oxygens (including phenoxy) is 1. The molecule has 1 aromatic rings. The van der Waals surface area contributed by atoms with Crippen LogP contribution in [0.25, 0.3) is 0 Å². The van der Waals surface area contributed by atoms with Crippen molar-refractivity contribution >= 4 is 11.8 Å². The van der Waals surface area contributed by atoms with Crippen molar-refractivity contribution in [3.8, 4) is 6.07 Å². The van der Waals surface area contributed by atoms with Crippen molar-refractivity contribution in [2.75, 3.05) is 11.6 Å². The van der Waals surface area contributed by atoms with Crippen LogP contribution in [0.2, 0.25) is 0 Å². The summed E-state index contributed by atoms with van der Waals surface area (Å²) in [5.74, 6) is -2.24. The predicted octanol–water partition coefficient (Wildman–Crippen LogP) is 0.964. The maximum atomic E-state index is 13.6. The van der Waals surface area contributed by atoms with Crippen LogP contribution in [0.3, 0.4) is 0 Å². The van der Waals surface area contributed by atoms with Crippen LogP contribution in [-0.4, -0.2) is 29.3 Å². The van der Waals surface area contributed by atoms with Gasteiger partial charge >= 0.3 is 12.1 Å². The van der Waals surface area contributed by atoms with Crippen molar-refractivity contribution in [3.05, 3.63) is 35.8 Å². The van der Waals surface area contributed by atoms with E-state index in [0.29, 0.717) is 0 Å². The predicted molar refractivity (Wildman–Crippen MR) is 72.1 cm³/mol. The number of hydrazine groups is 1. The Morgan fingerprint density at radius 3 is 2.74 bits per heavy atom. The number of carbonyl (C=O) groups excluding carboxylic acids is 1. The zero-order valence-electron chi connectivity index (χ0n) is 11.9. The minimum Gasteiger partial charge on any atom is -0.464 e. The summed E-state index contributed by atoms with van der Waals surface area (Å²) in [4.78, 5) is 15.9. The molecule has 0 aliphatic carbocycles. The third kappa shape index (κ3) is 2.44. The van der Waals surface area contributed by atoms with Crippen molar-refractivity contribution in [1.29, 1.82) is 5.26 Å². The van der Waals surface area contributed by atoms with E-state index in [0.717, 1.165) is 5.01 Å². The number of aromatic nitrogens is 1. The molecule has 0 fully saturated rings. The Morgan fingerprint density at radius 2 is 2.26 bits per heavy atom. The number of halogens is 3. The van der Waals surface area contributed by atoms with Crippen LogP contribution in [0.5, 0.6) is 0 Å². The number of alkyl halides is 3. The van der Waals surface area contributed by atoms with Crippen LogP contribution in [0.15, 0.2) is 35.8 Å². The van der Waals surface area contributed by atoms with Crippen LogP contribution < -0.4 is 16.2 Å². The number of pyridine rings is 1. The van der Waals surface area contributed by atoms with Gasteiger partial charge in [0.2, 0.25) is 0 Å². The van der Waals surface area contributed by atoms with Crippen molar-refractivity contribution in [2.24, 2.45) is 5.73 Å². The van der Waals surface area contributed by atoms with E-state index >= 15 is 0 Å². The summed E-state index contributed by atoms with van der Waals surface area (Å²) in [7, 11) is 0. The molecule has 0 saturated heterocycles. The zero-order valence-corrected chi connectivity index (χ0v) is 11.9. The molecule has 10 heteroatoms. The highest BCUT2D eigenvalue weighted by Crippen LogP contribution is 2.42. The molecule has 23 heavy (non-hydrogen) atoms. The van der Waals surface area contributed by atoms with E-state index in [1.165, 1.54) is 31.3 Å². The van der Waals surface area contributed by atoms with Crippen LogP contribution in [0, 0.1) is 11.3 Å². The summed E-state index contributed by atoms with van der Waals surface area (Å²) in [6, 6.07) is 5.78. The molecular formula is C13H12F3N5O2. The number of hydrogen-bond acceptors (Lipinski definition) is 7. The molecule has 3 N–H and O–H groups in total. The Bertz CT molecular complexity index is 683. The Kier molecular flexibility index (Phi) is 4.16. The molecule has 0 saturated carbocycles. The molecule has 0 radical (unpaired) electrons. The van der Waals surface area contributed by atoms with E-state index in [4.69, 9.17) is 11.0 Å². The van der Waals surface area contributed by atoms with Gasteiger partial charge in [0.05, 0.1) is 6.61 Å². The number of nitrogens with one attached hydrogen (secondary N) is 1. The van der Waals surface area contributed by atoms with Gasteiger partial charge in [-0.1, -0.05) is 6.07 Å². The normalized spacial score (nSPS) is 21.3. The third-order valence-corrected chi connectivity index (χ3v) is 3.15. The number of carbonyl (C=O) groups is 1. The van der Waals surface area contributed by atoms with E-state index in [2.05, 4.69) is 9.72 Å². The molecular weight excluding hydrogens is 315 g/mol. The number of anilines is 1. The zero-order chi connectivity index (χ0) is 17.3. The Hall–Kier alpha value is -2.80. The highest BCUT2D eigenvalue weighted by Gasteiger charge is 2.69. The number of nitrogens with two attached hydrogens (primary N) is 1. The molecule has 1 aliphatic heterocycles. The monoisotopic (exact) mass is 327 g/mol. The Labute approximate surface area is 129 Å². The van der Waals surface area contributed by atoms with Gasteiger partial charge in [-0.2, -0.15) is 23.9 Å². The Morgan fingerprint density at radius 1 is 1.57 bits per heavy atom. The molecule has 0 spiro atoms. The van der Waals surface area contributed by atoms with Gasteiger partial charge in [-0.15, -0.1) is 0 Å². The van der Waals surface area contributed by atoms with Gasteiger partial charge < -0.3 is 10.5 Å². The van der Waals surface area contributed by atoms with E-state index in [1.54, 1.807) is 6.07 Å². The van der Waals surface area contributed by atoms with Gasteiger partial charge in [-0.3, -0.25) is 0 Å². The molecule has 0 amide bonds. The first-order valence-corrected chi connectivity index (χ1v) is 6.42. The smallest absolute Gasteiger partial charge is 0.424 e. The summed E-state index contributed by atoms with van der Waals surface area (Å²) in [5, 5.41) is 9.87. The molecule has 2 heterocycles. The van der Waals surface area contributed by atoms with Gasteiger partial charge in [0.15, 0.2) is 0 Å². The van der Waals surface area contributed by atoms with E-state index in [-0.39, 0.29) is 12.4 Å². The highest BCUT2D eigenvalue weighted by atomic mass is 19.4. The summed E-state index contributed by atoms with van der Waals surface area (Å²) in [6.07, 6.45) is -3.83. The van der Waals surface area contributed by atoms with Gasteiger partial charge in [0.1, 0.15) is 23.3 Å². The fourth-order valence-corrected chi connectivity index (χ4v) is 2.10. The largest absolute Gasteiger partial charge is 0.464 e. The average Bonchev–Trinajstić information content (AvgIpc) is 2.82. The average molecular weight is 327 g/mol. The topological polar surface area (TPSA) is 104 Å². The number of nitrogens with zero attached hydrogens (tertiary/aromatic N) is 3. The number of esters is 1. The fraction of sp³-hybridized carbons (Fsp3) is 0.308. The second-order valence-corrected chi connectivity index (χ2v) is 4.48. The first-order chi connectivity index (χ1) is 10.8. The molecule has 1 atom stereocenters. The summed E-state index contributed by atoms with van der Waals surface area (Å²) >= 11 is 0. The molecule has 0 unspecified atom stereocenters. The molecule has 7 nitrogen and oxygen atoms in total. The fourth-order valence-electron chi connectivity index (χ4n) is 2.10. The molecule has 0 aromatic carbocycles. The highest BCUT2D eigenvalue weighted by molar-refractivity contribution is 5.90. The van der Waals surface area contributed by atoms with Crippen LogP contribution in [0.4, 0.5) is 19.0 Å². The molecule has 1 aliphatic rings. The number of rotatable bonds is 3. The quantitative estimate of drug-likeness (QED) is 0.797. The van der Waals surface area contributed by atoms with Crippen LogP contribution in [0.1, 0.15) is 6.92 Å². The first kappa shape index (κ1) is 16.6. The lowest BCUT2D eigenvalue weighted by molar-refractivity contribution is -0.202. The Balaban J connectivity index is 2.62. The second kappa shape index (κ2) is 5.77. The lowest BCUT2D eigenvalue weighted by Gasteiger charge is -2.31. The summed E-state index contributed by atoms with van der Waals surface area (Å²) in [5.41, 5.74) is 3.22. The lowest BCUT2D eigenvalue weighted by Crippen LogP contribution is -2.64. The SMILES string of the molecule is CCOC(=O)[C@@]1(C(F)(F)F)NN(c2ccccn2)C(N)=C1C#N. The van der Waals surface area contributed by atoms with Gasteiger partial charge in [-0.05, 0) is 19.1 Å². The van der Waals surface area contributed by atoms with Gasteiger partial charge in [-0.25, -0.2) is 14.8 Å². The maximum Gasteiger partial charge on any atom is 0.424 e. The minimum absolute atomic E-state index is 0.00632. The summed E-state index contributed by atoms with van der Waals surface area (Å²) < 4.78 is 45.4. The third-order valence-electron chi connectivity index (χ3n) is 3.15. The lowest BCUT2D eigenvalue weighted by atomic mass is 9.91. The molecule has 122 valence electrons. The number of nitriles is 1. The van der Waals surface area contributed by atoms with E-state index < -0.39 is 29.1 Å². The second-order valence-electron chi connectivity index (χ2n) is 4.48. The first-order valence-electron chi connectivity index (χ1n) is 6.42. The van der Waals surface area contributed by atoms with Crippen LogP contribution in [-0.2, 0) is 9.53 Å². The molecule has 2 rings (SSSR count). The molecule has 0 bridgehead atoms. The van der Waals surface area contributed by atoms with Crippen LogP contribution >= 0.6 is 0 Å². The standard InChI is InChI=1S/C13H12F3N5O2/c1-2-23-11(22)12(13(14,15)16)8(7-17)10(18)21(20-12)9-5-3-4-6-19-9/h3-6,20H,2,18H2,1H3/t12-/m0/s1. The number of hydrogen-bond donors (Lipinski definition) is 2. The van der Waals surface area contributed by atoms with E-state index in [9.17, 15) is 18.0 Å².